The third-order valence-electron chi connectivity index (χ3n) is 4.59. The van der Waals surface area contributed by atoms with Gasteiger partial charge in [0.15, 0.2) is 0 Å². The molecule has 1 amide bonds. The van der Waals surface area contributed by atoms with Crippen molar-refractivity contribution in [3.8, 4) is 5.75 Å². The maximum Gasteiger partial charge on any atom is 0.237 e. The number of aryl methyl sites for hydroxylation is 1. The van der Waals surface area contributed by atoms with Gasteiger partial charge < -0.3 is 10.1 Å². The maximum atomic E-state index is 12.9. The molecule has 1 unspecified atom stereocenters. The molecule has 1 atom stereocenters. The van der Waals surface area contributed by atoms with Crippen molar-refractivity contribution in [3.63, 3.8) is 0 Å². The number of benzene rings is 1. The van der Waals surface area contributed by atoms with Crippen LogP contribution in [0.3, 0.4) is 0 Å². The predicted molar refractivity (Wildman–Crippen MR) is 120 cm³/mol. The minimum atomic E-state index is -0.315. The fourth-order valence-corrected chi connectivity index (χ4v) is 5.18. The summed E-state index contributed by atoms with van der Waals surface area (Å²) in [6, 6.07) is 9.37. The van der Waals surface area contributed by atoms with Crippen LogP contribution in [0.25, 0.3) is 15.7 Å². The standard InChI is InChI=1S/C20H19ClN4O2S2/c1-4-17(19(26)22-12-5-6-16(27-3)13(21)9-12)29-20-15-10-18-14(7-8-28-18)25(15)11(2)23-24-20/h5-10,17H,4H2,1-3H3,(H,22,26). The summed E-state index contributed by atoms with van der Waals surface area (Å²) in [5, 5.41) is 14.6. The van der Waals surface area contributed by atoms with Crippen LogP contribution in [0.1, 0.15) is 19.2 Å². The first-order chi connectivity index (χ1) is 14.0. The van der Waals surface area contributed by atoms with Crippen LogP contribution in [0, 0.1) is 6.92 Å². The fourth-order valence-electron chi connectivity index (χ4n) is 3.15. The lowest BCUT2D eigenvalue weighted by Gasteiger charge is -2.15. The van der Waals surface area contributed by atoms with Crippen molar-refractivity contribution in [2.24, 2.45) is 0 Å². The molecule has 4 rings (SSSR count). The number of rotatable bonds is 6. The van der Waals surface area contributed by atoms with Crippen LogP contribution >= 0.6 is 34.7 Å². The van der Waals surface area contributed by atoms with Gasteiger partial charge in [-0.05, 0) is 49.1 Å². The number of carbonyl (C=O) groups excluding carboxylic acids is 1. The maximum absolute atomic E-state index is 12.9. The van der Waals surface area contributed by atoms with Crippen LogP contribution in [-0.2, 0) is 4.79 Å². The van der Waals surface area contributed by atoms with Gasteiger partial charge in [-0.15, -0.1) is 21.5 Å². The number of fused-ring (bicyclic) bond motifs is 3. The topological polar surface area (TPSA) is 68.5 Å². The molecular weight excluding hydrogens is 428 g/mol. The molecule has 1 aromatic carbocycles. The molecule has 6 nitrogen and oxygen atoms in total. The van der Waals surface area contributed by atoms with Crippen molar-refractivity contribution in [3.05, 3.63) is 46.6 Å². The Kier molecular flexibility index (Phi) is 5.67. The Morgan fingerprint density at radius 3 is 2.86 bits per heavy atom. The van der Waals surface area contributed by atoms with E-state index < -0.39 is 0 Å². The van der Waals surface area contributed by atoms with Crippen LogP contribution in [-0.4, -0.2) is 32.9 Å². The van der Waals surface area contributed by atoms with Gasteiger partial charge in [0, 0.05) is 5.69 Å². The summed E-state index contributed by atoms with van der Waals surface area (Å²) in [7, 11) is 1.55. The van der Waals surface area contributed by atoms with E-state index in [2.05, 4.69) is 37.4 Å². The second-order valence-corrected chi connectivity index (χ2v) is 8.99. The van der Waals surface area contributed by atoms with Gasteiger partial charge in [-0.25, -0.2) is 0 Å². The van der Waals surface area contributed by atoms with E-state index in [0.29, 0.717) is 22.9 Å². The summed E-state index contributed by atoms with van der Waals surface area (Å²) < 4.78 is 8.42. The highest BCUT2D eigenvalue weighted by Gasteiger charge is 2.22. The first kappa shape index (κ1) is 20.0. The van der Waals surface area contributed by atoms with E-state index in [1.807, 2.05) is 13.8 Å². The Hall–Kier alpha value is -2.29. The molecule has 29 heavy (non-hydrogen) atoms. The summed E-state index contributed by atoms with van der Waals surface area (Å²) in [5.41, 5.74) is 2.72. The van der Waals surface area contributed by atoms with Crippen molar-refractivity contribution >= 4 is 62.0 Å². The molecule has 9 heteroatoms. The monoisotopic (exact) mass is 446 g/mol. The molecule has 0 radical (unpaired) electrons. The predicted octanol–water partition coefficient (Wildman–Crippen LogP) is 5.42. The molecular formula is C20H19ClN4O2S2. The highest BCUT2D eigenvalue weighted by Crippen LogP contribution is 2.34. The quantitative estimate of drug-likeness (QED) is 0.400. The molecule has 3 heterocycles. The second kappa shape index (κ2) is 8.22. The molecule has 0 saturated carbocycles. The van der Waals surface area contributed by atoms with Gasteiger partial charge in [0.25, 0.3) is 0 Å². The second-order valence-electron chi connectivity index (χ2n) is 6.44. The van der Waals surface area contributed by atoms with Gasteiger partial charge in [0.1, 0.15) is 16.6 Å². The zero-order valence-electron chi connectivity index (χ0n) is 16.1. The average Bonchev–Trinajstić information content (AvgIpc) is 3.29. The zero-order chi connectivity index (χ0) is 20.5. The fraction of sp³-hybridized carbons (Fsp3) is 0.250. The van der Waals surface area contributed by atoms with Crippen molar-refractivity contribution < 1.29 is 9.53 Å². The molecule has 3 aromatic heterocycles. The van der Waals surface area contributed by atoms with Crippen LogP contribution in [0.5, 0.6) is 5.75 Å². The van der Waals surface area contributed by atoms with E-state index in [-0.39, 0.29) is 11.2 Å². The summed E-state index contributed by atoms with van der Waals surface area (Å²) in [6.45, 7) is 3.91. The van der Waals surface area contributed by atoms with E-state index >= 15 is 0 Å². The van der Waals surface area contributed by atoms with Crippen LogP contribution < -0.4 is 10.1 Å². The highest BCUT2D eigenvalue weighted by molar-refractivity contribution is 8.00. The number of anilines is 1. The van der Waals surface area contributed by atoms with E-state index in [0.717, 1.165) is 21.9 Å². The Morgan fingerprint density at radius 1 is 1.31 bits per heavy atom. The van der Waals surface area contributed by atoms with Crippen LogP contribution in [0.15, 0.2) is 40.7 Å². The number of hydrogen-bond donors (Lipinski definition) is 1. The van der Waals surface area contributed by atoms with Gasteiger partial charge in [0.2, 0.25) is 5.91 Å². The number of nitrogens with one attached hydrogen (secondary N) is 1. The lowest BCUT2D eigenvalue weighted by Crippen LogP contribution is -2.24. The first-order valence-corrected chi connectivity index (χ1v) is 11.2. The van der Waals surface area contributed by atoms with Crippen molar-refractivity contribution in [2.45, 2.75) is 30.5 Å². The Bertz CT molecular complexity index is 1200. The molecule has 0 bridgehead atoms. The molecule has 0 aliphatic rings. The molecule has 0 fully saturated rings. The van der Waals surface area contributed by atoms with Crippen molar-refractivity contribution in [1.29, 1.82) is 0 Å². The Balaban J connectivity index is 1.59. The SMILES string of the molecule is CCC(Sc1nnc(C)n2c1cc1sccc12)C(=O)Nc1ccc(OC)c(Cl)c1. The molecule has 0 aliphatic carbocycles. The number of halogens is 1. The van der Waals surface area contributed by atoms with Gasteiger partial charge in [0.05, 0.1) is 33.1 Å². The van der Waals surface area contributed by atoms with E-state index in [9.17, 15) is 4.79 Å². The number of aromatic nitrogens is 3. The van der Waals surface area contributed by atoms with E-state index in [1.165, 1.54) is 16.5 Å². The lowest BCUT2D eigenvalue weighted by atomic mass is 10.2. The van der Waals surface area contributed by atoms with Crippen molar-refractivity contribution in [1.82, 2.24) is 14.6 Å². The summed E-state index contributed by atoms with van der Waals surface area (Å²) in [4.78, 5) is 12.9. The number of methoxy groups -OCH3 is 1. The third kappa shape index (κ3) is 3.80. The summed E-state index contributed by atoms with van der Waals surface area (Å²) >= 11 is 9.27. The van der Waals surface area contributed by atoms with Gasteiger partial charge in [-0.2, -0.15) is 0 Å². The molecule has 0 spiro atoms. The van der Waals surface area contributed by atoms with E-state index in [4.69, 9.17) is 16.3 Å². The van der Waals surface area contributed by atoms with Crippen LogP contribution in [0.4, 0.5) is 5.69 Å². The number of amides is 1. The molecule has 4 aromatic rings. The molecule has 0 aliphatic heterocycles. The molecule has 0 saturated heterocycles. The third-order valence-corrected chi connectivity index (χ3v) is 7.08. The number of ether oxygens (including phenoxy) is 1. The smallest absolute Gasteiger partial charge is 0.237 e. The van der Waals surface area contributed by atoms with Crippen LogP contribution in [0.2, 0.25) is 5.02 Å². The number of thiophene rings is 1. The number of thioether (sulfide) groups is 1. The van der Waals surface area contributed by atoms with E-state index in [1.54, 1.807) is 36.6 Å². The summed E-state index contributed by atoms with van der Waals surface area (Å²) in [6.07, 6.45) is 0.650. The lowest BCUT2D eigenvalue weighted by molar-refractivity contribution is -0.115. The number of hydrogen-bond acceptors (Lipinski definition) is 6. The average molecular weight is 447 g/mol. The Morgan fingerprint density at radius 2 is 2.14 bits per heavy atom. The first-order valence-electron chi connectivity index (χ1n) is 9.04. The zero-order valence-corrected chi connectivity index (χ0v) is 18.5. The highest BCUT2D eigenvalue weighted by atomic mass is 35.5. The van der Waals surface area contributed by atoms with Gasteiger partial charge >= 0.3 is 0 Å². The Labute approximate surface area is 181 Å². The minimum absolute atomic E-state index is 0.104. The number of carbonyl (C=O) groups is 1. The van der Waals surface area contributed by atoms with Crippen molar-refractivity contribution in [2.75, 3.05) is 12.4 Å². The molecule has 150 valence electrons. The molecule has 1 N–H and O–H groups in total. The largest absolute Gasteiger partial charge is 0.495 e. The number of nitrogens with zero attached hydrogens (tertiary/aromatic N) is 3. The van der Waals surface area contributed by atoms with Gasteiger partial charge in [-0.3, -0.25) is 9.20 Å². The minimum Gasteiger partial charge on any atom is -0.495 e. The van der Waals surface area contributed by atoms with Gasteiger partial charge in [-0.1, -0.05) is 30.3 Å². The normalized spacial score (nSPS) is 12.4. The summed E-state index contributed by atoms with van der Waals surface area (Å²) in [5.74, 6) is 1.28.